The van der Waals surface area contributed by atoms with Gasteiger partial charge in [-0.05, 0) is 62.8 Å². The van der Waals surface area contributed by atoms with Gasteiger partial charge in [-0.1, -0.05) is 129 Å². The molecule has 2 N–H and O–H groups in total. The van der Waals surface area contributed by atoms with Crippen LogP contribution in [-0.2, 0) is 9.59 Å². The highest BCUT2D eigenvalue weighted by molar-refractivity contribution is 5.96. The van der Waals surface area contributed by atoms with Gasteiger partial charge in [0.1, 0.15) is 0 Å². The zero-order chi connectivity index (χ0) is 29.6. The van der Waals surface area contributed by atoms with E-state index in [0.717, 1.165) is 59.3 Å². The van der Waals surface area contributed by atoms with E-state index in [4.69, 9.17) is 0 Å². The summed E-state index contributed by atoms with van der Waals surface area (Å²) in [5, 5.41) is 6.38. The molecule has 0 bridgehead atoms. The van der Waals surface area contributed by atoms with Gasteiger partial charge in [0.15, 0.2) is 0 Å². The van der Waals surface area contributed by atoms with Gasteiger partial charge in [-0.25, -0.2) is 0 Å². The number of hydrogen-bond donors (Lipinski definition) is 2. The van der Waals surface area contributed by atoms with Crippen LogP contribution in [0.2, 0.25) is 0 Å². The summed E-state index contributed by atoms with van der Waals surface area (Å²) in [5.74, 6) is 0.199. The number of rotatable bonds is 24. The highest BCUT2D eigenvalue weighted by Gasteiger charge is 2.18. The minimum absolute atomic E-state index is 0.0994. The number of amides is 2. The molecule has 40 heavy (non-hydrogen) atoms. The van der Waals surface area contributed by atoms with Gasteiger partial charge < -0.3 is 10.6 Å². The van der Waals surface area contributed by atoms with Crippen LogP contribution in [0.3, 0.4) is 0 Å². The van der Waals surface area contributed by atoms with Crippen LogP contribution < -0.4 is 10.6 Å². The van der Waals surface area contributed by atoms with Crippen LogP contribution in [-0.4, -0.2) is 11.8 Å². The summed E-state index contributed by atoms with van der Waals surface area (Å²) in [4.78, 5) is 25.5. The second-order valence-electron chi connectivity index (χ2n) is 12.2. The lowest BCUT2D eigenvalue weighted by atomic mass is 9.95. The molecule has 0 radical (unpaired) electrons. The number of unbranched alkanes of at least 4 members (excludes halogenated alkanes) is 18. The summed E-state index contributed by atoms with van der Waals surface area (Å²) in [6.45, 7) is 12.7. The van der Waals surface area contributed by atoms with Crippen molar-refractivity contribution in [3.05, 3.63) is 22.3 Å². The summed E-state index contributed by atoms with van der Waals surface area (Å²) >= 11 is 0. The molecular formula is C36H64N2O2. The Bertz CT molecular complexity index is 748. The lowest BCUT2D eigenvalue weighted by molar-refractivity contribution is -0.117. The van der Waals surface area contributed by atoms with E-state index in [1.165, 1.54) is 103 Å². The first-order chi connectivity index (χ1) is 19.3. The van der Waals surface area contributed by atoms with Gasteiger partial charge >= 0.3 is 0 Å². The molecule has 0 atom stereocenters. The fourth-order valence-electron chi connectivity index (χ4n) is 5.64. The molecule has 0 fully saturated rings. The van der Waals surface area contributed by atoms with Gasteiger partial charge in [-0.3, -0.25) is 9.59 Å². The topological polar surface area (TPSA) is 58.2 Å². The first-order valence-corrected chi connectivity index (χ1v) is 17.0. The Labute approximate surface area is 248 Å². The fourth-order valence-corrected chi connectivity index (χ4v) is 5.64. The summed E-state index contributed by atoms with van der Waals surface area (Å²) in [6.07, 6.45) is 26.5. The van der Waals surface area contributed by atoms with Gasteiger partial charge in [-0.15, -0.1) is 0 Å². The van der Waals surface area contributed by atoms with Crippen molar-refractivity contribution in [1.29, 1.82) is 0 Å². The van der Waals surface area contributed by atoms with Crippen molar-refractivity contribution >= 4 is 23.2 Å². The van der Waals surface area contributed by atoms with E-state index in [9.17, 15) is 9.59 Å². The maximum atomic E-state index is 12.7. The molecule has 1 aromatic carbocycles. The van der Waals surface area contributed by atoms with E-state index < -0.39 is 0 Å². The smallest absolute Gasteiger partial charge is 0.224 e. The summed E-state index contributed by atoms with van der Waals surface area (Å²) in [5.41, 5.74) is 6.03. The third kappa shape index (κ3) is 15.2. The van der Waals surface area contributed by atoms with Crippen LogP contribution in [0.25, 0.3) is 0 Å². The number of nitrogens with one attached hydrogen (secondary N) is 2. The largest absolute Gasteiger partial charge is 0.326 e. The maximum absolute atomic E-state index is 12.7. The van der Waals surface area contributed by atoms with E-state index in [-0.39, 0.29) is 11.8 Å². The van der Waals surface area contributed by atoms with E-state index in [2.05, 4.69) is 52.2 Å². The van der Waals surface area contributed by atoms with Gasteiger partial charge in [0.25, 0.3) is 0 Å². The third-order valence-corrected chi connectivity index (χ3v) is 8.67. The zero-order valence-electron chi connectivity index (χ0n) is 27.4. The van der Waals surface area contributed by atoms with Crippen LogP contribution in [0.1, 0.15) is 177 Å². The molecule has 1 aromatic rings. The van der Waals surface area contributed by atoms with E-state index in [0.29, 0.717) is 12.8 Å². The Hall–Kier alpha value is -1.84. The lowest BCUT2D eigenvalue weighted by Crippen LogP contribution is -2.17. The van der Waals surface area contributed by atoms with Crippen LogP contribution >= 0.6 is 0 Å². The molecule has 0 aliphatic rings. The molecule has 2 amide bonds. The highest BCUT2D eigenvalue weighted by atomic mass is 16.2. The molecule has 4 heteroatoms. The highest BCUT2D eigenvalue weighted by Crippen LogP contribution is 2.34. The van der Waals surface area contributed by atoms with Crippen molar-refractivity contribution in [2.75, 3.05) is 10.6 Å². The fraction of sp³-hybridized carbons (Fsp3) is 0.778. The first-order valence-electron chi connectivity index (χ1n) is 17.0. The molecule has 0 spiro atoms. The number of hydrogen-bond acceptors (Lipinski definition) is 2. The predicted octanol–water partition coefficient (Wildman–Crippen LogP) is 11.4. The normalized spacial score (nSPS) is 11.2. The SMILES string of the molecule is CCCCCCCCCCCCC(=O)Nc1c(C)c(C)c(NC(=O)CCCCCCCCCCCC)c(C)c1C. The van der Waals surface area contributed by atoms with Gasteiger partial charge in [0.05, 0.1) is 0 Å². The van der Waals surface area contributed by atoms with Crippen molar-refractivity contribution in [2.45, 2.75) is 183 Å². The first kappa shape index (κ1) is 36.2. The zero-order valence-corrected chi connectivity index (χ0v) is 27.4. The Balaban J connectivity index is 2.39. The van der Waals surface area contributed by atoms with Gasteiger partial charge in [0.2, 0.25) is 11.8 Å². The molecule has 0 unspecified atom stereocenters. The lowest BCUT2D eigenvalue weighted by Gasteiger charge is -2.21. The molecule has 0 aliphatic carbocycles. The van der Waals surface area contributed by atoms with Crippen LogP contribution in [0.4, 0.5) is 11.4 Å². The van der Waals surface area contributed by atoms with Crippen molar-refractivity contribution in [1.82, 2.24) is 0 Å². The van der Waals surface area contributed by atoms with Crippen molar-refractivity contribution in [3.63, 3.8) is 0 Å². The number of benzene rings is 1. The standard InChI is InChI=1S/C36H64N2O2/c1-7-9-11-13-15-17-19-21-23-25-27-33(39)37-35-29(3)31(5)36(32(6)30(35)4)38-34(40)28-26-24-22-20-18-16-14-12-10-8-2/h7-28H2,1-6H3,(H,37,39)(H,38,40). The quantitative estimate of drug-likeness (QED) is 0.124. The number of carbonyl (C=O) groups is 2. The van der Waals surface area contributed by atoms with E-state index in [1.54, 1.807) is 0 Å². The monoisotopic (exact) mass is 556 g/mol. The van der Waals surface area contributed by atoms with Gasteiger partial charge in [-0.2, -0.15) is 0 Å². The van der Waals surface area contributed by atoms with Crippen molar-refractivity contribution in [3.8, 4) is 0 Å². The summed E-state index contributed by atoms with van der Waals surface area (Å²) in [7, 11) is 0. The van der Waals surface area contributed by atoms with Crippen LogP contribution in [0, 0.1) is 27.7 Å². The number of anilines is 2. The summed E-state index contributed by atoms with van der Waals surface area (Å²) in [6, 6.07) is 0. The molecular weight excluding hydrogens is 492 g/mol. The molecule has 0 heterocycles. The molecule has 4 nitrogen and oxygen atoms in total. The van der Waals surface area contributed by atoms with Crippen molar-refractivity contribution in [2.24, 2.45) is 0 Å². The summed E-state index contributed by atoms with van der Waals surface area (Å²) < 4.78 is 0. The maximum Gasteiger partial charge on any atom is 0.224 e. The molecule has 0 aromatic heterocycles. The predicted molar refractivity (Wildman–Crippen MR) is 176 cm³/mol. The minimum Gasteiger partial charge on any atom is -0.326 e. The Morgan fingerprint density at radius 2 is 0.625 bits per heavy atom. The molecule has 230 valence electrons. The molecule has 0 aliphatic heterocycles. The van der Waals surface area contributed by atoms with Crippen LogP contribution in [0.15, 0.2) is 0 Å². The van der Waals surface area contributed by atoms with E-state index in [1.807, 2.05) is 0 Å². The van der Waals surface area contributed by atoms with Crippen LogP contribution in [0.5, 0.6) is 0 Å². The Kier molecular flexibility index (Phi) is 20.6. The number of carbonyl (C=O) groups excluding carboxylic acids is 2. The molecule has 1 rings (SSSR count). The molecule has 0 saturated heterocycles. The average molecular weight is 557 g/mol. The van der Waals surface area contributed by atoms with E-state index >= 15 is 0 Å². The Morgan fingerprint density at radius 3 is 0.875 bits per heavy atom. The van der Waals surface area contributed by atoms with Crippen molar-refractivity contribution < 1.29 is 9.59 Å². The van der Waals surface area contributed by atoms with Gasteiger partial charge in [0, 0.05) is 24.2 Å². The molecule has 0 saturated carbocycles. The Morgan fingerprint density at radius 1 is 0.400 bits per heavy atom. The minimum atomic E-state index is 0.0994. The third-order valence-electron chi connectivity index (χ3n) is 8.67. The average Bonchev–Trinajstić information content (AvgIpc) is 2.94. The second-order valence-corrected chi connectivity index (χ2v) is 12.2. The second kappa shape index (κ2) is 22.8.